The van der Waals surface area contributed by atoms with Gasteiger partial charge >= 0.3 is 6.03 Å². The highest BCUT2D eigenvalue weighted by atomic mass is 32.1. The number of hydrogen-bond donors (Lipinski definition) is 1. The normalized spacial score (nSPS) is 17.4. The average Bonchev–Trinajstić information content (AvgIpc) is 3.09. The van der Waals surface area contributed by atoms with Gasteiger partial charge in [-0.1, -0.05) is 18.2 Å². The van der Waals surface area contributed by atoms with E-state index >= 15 is 0 Å². The minimum Gasteiger partial charge on any atom is -0.486 e. The Kier molecular flexibility index (Phi) is 4.71. The van der Waals surface area contributed by atoms with Crippen LogP contribution in [-0.4, -0.2) is 37.2 Å². The van der Waals surface area contributed by atoms with E-state index in [1.165, 1.54) is 0 Å². The summed E-state index contributed by atoms with van der Waals surface area (Å²) in [5.41, 5.74) is 0. The molecule has 1 aromatic carbocycles. The molecule has 0 unspecified atom stereocenters. The van der Waals surface area contributed by atoms with E-state index in [0.717, 1.165) is 16.4 Å². The number of nitrogens with zero attached hydrogens (tertiary/aromatic N) is 1. The maximum Gasteiger partial charge on any atom is 0.317 e. The number of amides is 2. The number of fused-ring (bicyclic) bond motifs is 1. The van der Waals surface area contributed by atoms with Gasteiger partial charge in [0, 0.05) is 11.9 Å². The van der Waals surface area contributed by atoms with Crippen LogP contribution >= 0.6 is 11.3 Å². The average molecular weight is 332 g/mol. The monoisotopic (exact) mass is 332 g/mol. The van der Waals surface area contributed by atoms with Crippen LogP contribution in [0.15, 0.2) is 41.8 Å². The van der Waals surface area contributed by atoms with Gasteiger partial charge in [-0.3, -0.25) is 0 Å². The van der Waals surface area contributed by atoms with Crippen LogP contribution in [0, 0.1) is 0 Å². The molecule has 0 spiro atoms. The van der Waals surface area contributed by atoms with Crippen molar-refractivity contribution in [3.63, 3.8) is 0 Å². The summed E-state index contributed by atoms with van der Waals surface area (Å²) < 4.78 is 11.6. The molecule has 3 rings (SSSR count). The molecule has 0 radical (unpaired) electrons. The van der Waals surface area contributed by atoms with Crippen LogP contribution in [0.25, 0.3) is 0 Å². The first-order valence-electron chi connectivity index (χ1n) is 7.57. The lowest BCUT2D eigenvalue weighted by Crippen LogP contribution is -2.46. The van der Waals surface area contributed by atoms with Crippen molar-refractivity contribution in [1.82, 2.24) is 10.2 Å². The quantitative estimate of drug-likeness (QED) is 0.935. The number of hydrogen-bond acceptors (Lipinski definition) is 4. The fraction of sp³-hybridized carbons (Fsp3) is 0.353. The lowest BCUT2D eigenvalue weighted by atomic mass is 10.2. The standard InChI is InChI=1S/C17H20N2O3S/c1-12(16-8-5-9-23-16)18-17(20)19(2)10-13-11-21-14-6-3-4-7-15(14)22-13/h3-9,12-13H,10-11H2,1-2H3,(H,18,20)/t12-,13+/m1/s1. The van der Waals surface area contributed by atoms with Gasteiger partial charge in [-0.15, -0.1) is 11.3 Å². The highest BCUT2D eigenvalue weighted by Gasteiger charge is 2.24. The summed E-state index contributed by atoms with van der Waals surface area (Å²) in [7, 11) is 1.76. The Bertz CT molecular complexity index is 660. The first-order valence-corrected chi connectivity index (χ1v) is 8.45. The van der Waals surface area contributed by atoms with E-state index in [2.05, 4.69) is 5.32 Å². The maximum absolute atomic E-state index is 12.3. The van der Waals surface area contributed by atoms with Gasteiger partial charge in [0.1, 0.15) is 6.61 Å². The first kappa shape index (κ1) is 15.7. The van der Waals surface area contributed by atoms with Crippen molar-refractivity contribution in [3.05, 3.63) is 46.7 Å². The van der Waals surface area contributed by atoms with Crippen LogP contribution in [0.5, 0.6) is 11.5 Å². The molecule has 0 fully saturated rings. The summed E-state index contributed by atoms with van der Waals surface area (Å²) in [5, 5.41) is 5.00. The van der Waals surface area contributed by atoms with Crippen molar-refractivity contribution < 1.29 is 14.3 Å². The lowest BCUT2D eigenvalue weighted by molar-refractivity contribution is 0.0713. The molecule has 2 aromatic rings. The number of para-hydroxylation sites is 2. The number of thiophene rings is 1. The van der Waals surface area contributed by atoms with Crippen LogP contribution < -0.4 is 14.8 Å². The summed E-state index contributed by atoms with van der Waals surface area (Å²) in [6.07, 6.45) is -0.169. The van der Waals surface area contributed by atoms with E-state index in [0.29, 0.717) is 13.2 Å². The van der Waals surface area contributed by atoms with E-state index in [4.69, 9.17) is 9.47 Å². The fourth-order valence-corrected chi connectivity index (χ4v) is 3.18. The number of carbonyl (C=O) groups is 1. The summed E-state index contributed by atoms with van der Waals surface area (Å²) in [5.74, 6) is 1.48. The second-order valence-corrected chi connectivity index (χ2v) is 6.54. The molecule has 122 valence electrons. The Morgan fingerprint density at radius 2 is 2.13 bits per heavy atom. The van der Waals surface area contributed by atoms with Crippen LogP contribution in [-0.2, 0) is 0 Å². The topological polar surface area (TPSA) is 50.8 Å². The number of ether oxygens (including phenoxy) is 2. The van der Waals surface area contributed by atoms with E-state index in [1.54, 1.807) is 23.3 Å². The van der Waals surface area contributed by atoms with Crippen LogP contribution in [0.3, 0.4) is 0 Å². The summed E-state index contributed by atoms with van der Waals surface area (Å²) in [6, 6.07) is 11.5. The third-order valence-corrected chi connectivity index (χ3v) is 4.76. The predicted octanol–water partition coefficient (Wildman–Crippen LogP) is 3.29. The van der Waals surface area contributed by atoms with Gasteiger partial charge in [-0.25, -0.2) is 4.79 Å². The van der Waals surface area contributed by atoms with Crippen molar-refractivity contribution >= 4 is 17.4 Å². The van der Waals surface area contributed by atoms with Crippen LogP contribution in [0.2, 0.25) is 0 Å². The minimum atomic E-state index is -0.169. The Morgan fingerprint density at radius 3 is 2.87 bits per heavy atom. The molecule has 1 aromatic heterocycles. The van der Waals surface area contributed by atoms with E-state index in [1.807, 2.05) is 48.7 Å². The molecule has 2 amide bonds. The summed E-state index contributed by atoms with van der Waals surface area (Å²) >= 11 is 1.63. The molecule has 0 aliphatic carbocycles. The number of nitrogens with one attached hydrogen (secondary N) is 1. The Balaban J connectivity index is 1.53. The fourth-order valence-electron chi connectivity index (χ4n) is 2.45. The molecule has 0 saturated carbocycles. The highest BCUT2D eigenvalue weighted by Crippen LogP contribution is 2.31. The van der Waals surface area contributed by atoms with Gasteiger partial charge in [0.05, 0.1) is 12.6 Å². The lowest BCUT2D eigenvalue weighted by Gasteiger charge is -2.30. The zero-order valence-corrected chi connectivity index (χ0v) is 14.0. The minimum absolute atomic E-state index is 0.00537. The number of carbonyl (C=O) groups excluding carboxylic acids is 1. The predicted molar refractivity (Wildman–Crippen MR) is 90.2 cm³/mol. The molecule has 1 aliphatic heterocycles. The van der Waals surface area contributed by atoms with E-state index in [9.17, 15) is 4.79 Å². The van der Waals surface area contributed by atoms with Crippen LogP contribution in [0.1, 0.15) is 17.8 Å². The Hall–Kier alpha value is -2.21. The maximum atomic E-state index is 12.3. The van der Waals surface area contributed by atoms with Crippen molar-refractivity contribution in [2.24, 2.45) is 0 Å². The molecule has 2 atom stereocenters. The summed E-state index contributed by atoms with van der Waals surface area (Å²) in [6.45, 7) is 2.89. The third-order valence-electron chi connectivity index (χ3n) is 3.70. The number of likely N-dealkylation sites (N-methyl/N-ethyl adjacent to an activating group) is 1. The SMILES string of the molecule is C[C@@H](NC(=O)N(C)C[C@H]1COc2ccccc2O1)c1cccs1. The summed E-state index contributed by atoms with van der Waals surface area (Å²) in [4.78, 5) is 15.1. The van der Waals surface area contributed by atoms with Crippen molar-refractivity contribution in [2.75, 3.05) is 20.2 Å². The second kappa shape index (κ2) is 6.91. The van der Waals surface area contributed by atoms with Gasteiger partial charge in [-0.2, -0.15) is 0 Å². The largest absolute Gasteiger partial charge is 0.486 e. The number of benzene rings is 1. The highest BCUT2D eigenvalue weighted by molar-refractivity contribution is 7.10. The number of rotatable bonds is 4. The molecular formula is C17H20N2O3S. The molecule has 1 aliphatic rings. The molecule has 0 bridgehead atoms. The van der Waals surface area contributed by atoms with Gasteiger partial charge < -0.3 is 19.7 Å². The zero-order chi connectivity index (χ0) is 16.2. The van der Waals surface area contributed by atoms with Gasteiger partial charge in [0.25, 0.3) is 0 Å². The van der Waals surface area contributed by atoms with E-state index < -0.39 is 0 Å². The van der Waals surface area contributed by atoms with Gasteiger partial charge in [-0.05, 0) is 30.5 Å². The third kappa shape index (κ3) is 3.76. The molecule has 1 N–H and O–H groups in total. The molecule has 23 heavy (non-hydrogen) atoms. The molecule has 6 heteroatoms. The van der Waals surface area contributed by atoms with Crippen molar-refractivity contribution in [2.45, 2.75) is 19.1 Å². The van der Waals surface area contributed by atoms with E-state index in [-0.39, 0.29) is 18.2 Å². The molecule has 0 saturated heterocycles. The Morgan fingerprint density at radius 1 is 1.35 bits per heavy atom. The van der Waals surface area contributed by atoms with Crippen LogP contribution in [0.4, 0.5) is 4.79 Å². The molecular weight excluding hydrogens is 312 g/mol. The van der Waals surface area contributed by atoms with Gasteiger partial charge in [0.2, 0.25) is 0 Å². The first-order chi connectivity index (χ1) is 11.1. The van der Waals surface area contributed by atoms with Gasteiger partial charge in [0.15, 0.2) is 17.6 Å². The second-order valence-electron chi connectivity index (χ2n) is 5.56. The molecule has 5 nitrogen and oxygen atoms in total. The smallest absolute Gasteiger partial charge is 0.317 e. The Labute approximate surface area is 139 Å². The number of urea groups is 1. The molecule has 2 heterocycles. The van der Waals surface area contributed by atoms with Crippen molar-refractivity contribution in [1.29, 1.82) is 0 Å². The van der Waals surface area contributed by atoms with Crippen molar-refractivity contribution in [3.8, 4) is 11.5 Å². The zero-order valence-electron chi connectivity index (χ0n) is 13.2.